The molecule has 0 unspecified atom stereocenters. The Morgan fingerprint density at radius 1 is 0.950 bits per heavy atom. The summed E-state index contributed by atoms with van der Waals surface area (Å²) in [6.45, 7) is 6.81. The average molecular weight is 537 g/mol. The van der Waals surface area contributed by atoms with E-state index in [1.165, 1.54) is 38.0 Å². The summed E-state index contributed by atoms with van der Waals surface area (Å²) in [7, 11) is 0. The summed E-state index contributed by atoms with van der Waals surface area (Å²) < 4.78 is 8.07. The second kappa shape index (κ2) is 10.7. The maximum atomic E-state index is 13.2. The summed E-state index contributed by atoms with van der Waals surface area (Å²) in [4.78, 5) is 27.1. The lowest BCUT2D eigenvalue weighted by molar-refractivity contribution is 0.0878. The van der Waals surface area contributed by atoms with Crippen molar-refractivity contribution in [1.29, 1.82) is 0 Å². The highest BCUT2D eigenvalue weighted by molar-refractivity contribution is 5.99. The number of aromatic nitrogens is 4. The Kier molecular flexibility index (Phi) is 6.71. The molecule has 0 atom stereocenters. The van der Waals surface area contributed by atoms with Gasteiger partial charge in [0.05, 0.1) is 11.2 Å². The van der Waals surface area contributed by atoms with Gasteiger partial charge in [-0.05, 0) is 100 Å². The van der Waals surface area contributed by atoms with E-state index in [1.54, 1.807) is 0 Å². The topological polar surface area (TPSA) is 76.4 Å². The molecule has 3 aromatic heterocycles. The van der Waals surface area contributed by atoms with Gasteiger partial charge >= 0.3 is 6.09 Å². The van der Waals surface area contributed by atoms with Gasteiger partial charge in [0.15, 0.2) is 0 Å². The molecule has 4 aromatic rings. The fraction of sp³-hybridized carbons (Fsp3) is 0.438. The van der Waals surface area contributed by atoms with Crippen molar-refractivity contribution in [2.75, 3.05) is 26.2 Å². The molecule has 206 valence electrons. The number of amides is 1. The van der Waals surface area contributed by atoms with Gasteiger partial charge in [0.2, 0.25) is 0 Å². The molecule has 2 fully saturated rings. The SMILES string of the molecule is Cc1cccc(-c2nn3c(c2-c2ccnc4ccc(OC(=O)N5CCC(N6CCCCC6)CC5)cc24)CCC3)n1. The summed E-state index contributed by atoms with van der Waals surface area (Å²) in [6.07, 6.45) is 9.61. The first-order chi connectivity index (χ1) is 19.6. The third-order valence-electron chi connectivity index (χ3n) is 8.79. The number of hydrogen-bond donors (Lipinski definition) is 0. The average Bonchev–Trinajstić information content (AvgIpc) is 3.59. The maximum Gasteiger partial charge on any atom is 0.415 e. The number of nitrogens with zero attached hydrogens (tertiary/aromatic N) is 6. The third-order valence-corrected chi connectivity index (χ3v) is 8.79. The number of fused-ring (bicyclic) bond motifs is 2. The number of carbonyl (C=O) groups excluding carboxylic acids is 1. The molecule has 0 bridgehead atoms. The molecular weight excluding hydrogens is 500 g/mol. The molecule has 1 amide bonds. The Morgan fingerprint density at radius 2 is 1.80 bits per heavy atom. The van der Waals surface area contributed by atoms with Crippen LogP contribution in [0.25, 0.3) is 33.4 Å². The van der Waals surface area contributed by atoms with E-state index in [9.17, 15) is 4.79 Å². The number of hydrogen-bond acceptors (Lipinski definition) is 6. The quantitative estimate of drug-likeness (QED) is 0.325. The van der Waals surface area contributed by atoms with Crippen LogP contribution >= 0.6 is 0 Å². The van der Waals surface area contributed by atoms with Gasteiger partial charge in [0.25, 0.3) is 0 Å². The first-order valence-electron chi connectivity index (χ1n) is 14.8. The van der Waals surface area contributed by atoms with Gasteiger partial charge in [-0.2, -0.15) is 5.10 Å². The molecule has 0 spiro atoms. The first-order valence-corrected chi connectivity index (χ1v) is 14.8. The second-order valence-electron chi connectivity index (χ2n) is 11.4. The van der Waals surface area contributed by atoms with Crippen LogP contribution in [0.1, 0.15) is 49.9 Å². The van der Waals surface area contributed by atoms with E-state index in [2.05, 4.69) is 20.6 Å². The Morgan fingerprint density at radius 3 is 2.62 bits per heavy atom. The van der Waals surface area contributed by atoms with Crippen molar-refractivity contribution < 1.29 is 9.53 Å². The predicted octanol–water partition coefficient (Wildman–Crippen LogP) is 5.86. The van der Waals surface area contributed by atoms with Crippen LogP contribution in [0.3, 0.4) is 0 Å². The van der Waals surface area contributed by atoms with Gasteiger partial charge in [-0.25, -0.2) is 4.79 Å². The van der Waals surface area contributed by atoms with Gasteiger partial charge in [-0.3, -0.25) is 14.6 Å². The largest absolute Gasteiger partial charge is 0.415 e. The van der Waals surface area contributed by atoms with E-state index in [0.717, 1.165) is 84.4 Å². The van der Waals surface area contributed by atoms with Gasteiger partial charge in [0, 0.05) is 54.2 Å². The van der Waals surface area contributed by atoms with Crippen LogP contribution in [0.5, 0.6) is 5.75 Å². The highest BCUT2D eigenvalue weighted by Crippen LogP contribution is 2.40. The molecule has 0 N–H and O–H groups in total. The normalized spacial score (nSPS) is 18.3. The number of likely N-dealkylation sites (tertiary alicyclic amines) is 2. The van der Waals surface area contributed by atoms with Crippen molar-refractivity contribution in [3.05, 3.63) is 60.0 Å². The molecule has 7 rings (SSSR count). The highest BCUT2D eigenvalue weighted by atomic mass is 16.6. The van der Waals surface area contributed by atoms with E-state index in [1.807, 2.05) is 54.4 Å². The molecule has 3 aliphatic rings. The Hall–Kier alpha value is -3.78. The molecule has 0 saturated carbocycles. The van der Waals surface area contributed by atoms with Crippen LogP contribution in [0.2, 0.25) is 0 Å². The lowest BCUT2D eigenvalue weighted by atomic mass is 9.96. The van der Waals surface area contributed by atoms with Crippen molar-refractivity contribution in [1.82, 2.24) is 29.5 Å². The maximum absolute atomic E-state index is 13.2. The standard InChI is InChI=1S/C32H36N6O2/c1-22-7-5-8-28(34-22)31-30(29-9-6-18-38(29)35-31)25-12-15-33-27-11-10-24(21-26(25)27)40-32(39)37-19-13-23(14-20-37)36-16-3-2-4-17-36/h5,7-8,10-12,15,21,23H,2-4,6,9,13-14,16-20H2,1H3. The van der Waals surface area contributed by atoms with E-state index in [0.29, 0.717) is 11.8 Å². The van der Waals surface area contributed by atoms with Crippen molar-refractivity contribution in [3.8, 4) is 28.3 Å². The summed E-state index contributed by atoms with van der Waals surface area (Å²) in [5.74, 6) is 0.545. The van der Waals surface area contributed by atoms with Crippen molar-refractivity contribution in [2.45, 2.75) is 64.5 Å². The smallest absolute Gasteiger partial charge is 0.410 e. The van der Waals surface area contributed by atoms with E-state index in [4.69, 9.17) is 14.8 Å². The third kappa shape index (κ3) is 4.74. The van der Waals surface area contributed by atoms with Crippen molar-refractivity contribution in [2.24, 2.45) is 0 Å². The lowest BCUT2D eigenvalue weighted by Gasteiger charge is -2.39. The molecule has 2 saturated heterocycles. The predicted molar refractivity (Wildman–Crippen MR) is 155 cm³/mol. The molecular formula is C32H36N6O2. The minimum absolute atomic E-state index is 0.266. The summed E-state index contributed by atoms with van der Waals surface area (Å²) in [6, 6.07) is 14.5. The first kappa shape index (κ1) is 25.2. The van der Waals surface area contributed by atoms with Crippen LogP contribution < -0.4 is 4.74 Å². The van der Waals surface area contributed by atoms with Crippen LogP contribution in [0.15, 0.2) is 48.7 Å². The van der Waals surface area contributed by atoms with E-state index >= 15 is 0 Å². The molecule has 6 heterocycles. The molecule has 3 aliphatic heterocycles. The van der Waals surface area contributed by atoms with Crippen molar-refractivity contribution >= 4 is 17.0 Å². The zero-order valence-electron chi connectivity index (χ0n) is 23.2. The molecule has 8 nitrogen and oxygen atoms in total. The zero-order valence-corrected chi connectivity index (χ0v) is 23.2. The van der Waals surface area contributed by atoms with Gasteiger partial charge < -0.3 is 14.5 Å². The fourth-order valence-corrected chi connectivity index (χ4v) is 6.74. The monoisotopic (exact) mass is 536 g/mol. The number of aryl methyl sites for hydroxylation is 2. The second-order valence-corrected chi connectivity index (χ2v) is 11.4. The van der Waals surface area contributed by atoms with Gasteiger partial charge in [-0.15, -0.1) is 0 Å². The van der Waals surface area contributed by atoms with Crippen LogP contribution in [-0.2, 0) is 13.0 Å². The summed E-state index contributed by atoms with van der Waals surface area (Å²) in [5, 5.41) is 5.95. The summed E-state index contributed by atoms with van der Waals surface area (Å²) >= 11 is 0. The van der Waals surface area contributed by atoms with Gasteiger partial charge in [0.1, 0.15) is 11.4 Å². The van der Waals surface area contributed by atoms with E-state index in [-0.39, 0.29) is 6.09 Å². The Balaban J connectivity index is 1.16. The van der Waals surface area contributed by atoms with Crippen LogP contribution in [0, 0.1) is 6.92 Å². The highest BCUT2D eigenvalue weighted by Gasteiger charge is 2.29. The summed E-state index contributed by atoms with van der Waals surface area (Å²) in [5.41, 5.74) is 6.97. The minimum Gasteiger partial charge on any atom is -0.410 e. The number of benzene rings is 1. The Labute approximate surface area is 235 Å². The lowest BCUT2D eigenvalue weighted by Crippen LogP contribution is -2.48. The van der Waals surface area contributed by atoms with Crippen molar-refractivity contribution in [3.63, 3.8) is 0 Å². The molecule has 0 radical (unpaired) electrons. The molecule has 40 heavy (non-hydrogen) atoms. The number of piperidine rings is 2. The van der Waals surface area contributed by atoms with E-state index < -0.39 is 0 Å². The zero-order chi connectivity index (χ0) is 27.1. The number of carbonyl (C=O) groups is 1. The van der Waals surface area contributed by atoms with Crippen LogP contribution in [-0.4, -0.2) is 67.9 Å². The Bertz CT molecular complexity index is 1550. The molecule has 8 heteroatoms. The number of pyridine rings is 2. The molecule has 0 aliphatic carbocycles. The number of ether oxygens (including phenoxy) is 1. The van der Waals surface area contributed by atoms with Crippen LogP contribution in [0.4, 0.5) is 4.79 Å². The minimum atomic E-state index is -0.266. The fourth-order valence-electron chi connectivity index (χ4n) is 6.74. The number of rotatable bonds is 4. The van der Waals surface area contributed by atoms with Gasteiger partial charge in [-0.1, -0.05) is 12.5 Å². The molecule has 1 aromatic carbocycles.